The third-order valence-electron chi connectivity index (χ3n) is 11.0. The molecule has 2 fully saturated rings. The number of halogens is 1. The maximum absolute atomic E-state index is 13.7. The molecule has 0 unspecified atom stereocenters. The molecule has 44 heavy (non-hydrogen) atoms. The molecule has 2 aromatic rings. The minimum absolute atomic E-state index is 0.132. The zero-order chi connectivity index (χ0) is 30.6. The zero-order valence-electron chi connectivity index (χ0n) is 25.4. The van der Waals surface area contributed by atoms with E-state index in [0.29, 0.717) is 43.2 Å². The smallest absolute Gasteiger partial charge is 0.264 e. The molecule has 9 heteroatoms. The highest BCUT2D eigenvalue weighted by Crippen LogP contribution is 2.47. The molecule has 0 saturated heterocycles. The number of nitrogens with zero attached hydrogens (tertiary/aromatic N) is 1. The summed E-state index contributed by atoms with van der Waals surface area (Å²) in [6, 6.07) is 11.5. The number of sulfonamides is 1. The van der Waals surface area contributed by atoms with Gasteiger partial charge in [0.15, 0.2) is 0 Å². The Morgan fingerprint density at radius 1 is 1.14 bits per heavy atom. The molecule has 7 rings (SSSR count). The molecule has 0 radical (unpaired) electrons. The molecule has 2 aliphatic heterocycles. The number of anilines is 1. The second-order valence-corrected chi connectivity index (χ2v) is 16.4. The number of aliphatic hydroxyl groups excluding tert-OH is 1. The summed E-state index contributed by atoms with van der Waals surface area (Å²) in [4.78, 5) is 15.9. The molecular formula is C35H43ClN2O5S. The molecule has 5 aliphatic rings. The Labute approximate surface area is 266 Å². The van der Waals surface area contributed by atoms with Gasteiger partial charge in [0, 0.05) is 29.1 Å². The van der Waals surface area contributed by atoms with Crippen molar-refractivity contribution in [3.63, 3.8) is 0 Å². The summed E-state index contributed by atoms with van der Waals surface area (Å²) in [5.41, 5.74) is 3.38. The lowest BCUT2D eigenvalue weighted by Gasteiger charge is -2.45. The predicted octanol–water partition coefficient (Wildman–Crippen LogP) is 6.02. The Morgan fingerprint density at radius 2 is 1.98 bits per heavy atom. The second-order valence-electron chi connectivity index (χ2n) is 14.1. The van der Waals surface area contributed by atoms with E-state index in [9.17, 15) is 18.3 Å². The van der Waals surface area contributed by atoms with Crippen molar-refractivity contribution in [2.24, 2.45) is 23.7 Å². The lowest BCUT2D eigenvalue weighted by molar-refractivity contribution is 0.0455. The fourth-order valence-corrected chi connectivity index (χ4v) is 10.1. The van der Waals surface area contributed by atoms with Gasteiger partial charge in [-0.15, -0.1) is 0 Å². The number of ether oxygens (including phenoxy) is 1. The summed E-state index contributed by atoms with van der Waals surface area (Å²) >= 11 is 6.41. The van der Waals surface area contributed by atoms with Gasteiger partial charge in [0.25, 0.3) is 5.91 Å². The minimum atomic E-state index is -3.93. The highest BCUT2D eigenvalue weighted by atomic mass is 35.5. The summed E-state index contributed by atoms with van der Waals surface area (Å²) in [7, 11) is -3.93. The molecule has 2 bridgehead atoms. The molecule has 6 atom stereocenters. The molecule has 2 N–H and O–H groups in total. The molecule has 236 valence electrons. The monoisotopic (exact) mass is 638 g/mol. The number of aryl methyl sites for hydroxylation is 1. The first-order chi connectivity index (χ1) is 21.1. The van der Waals surface area contributed by atoms with Crippen molar-refractivity contribution in [1.29, 1.82) is 0 Å². The topological polar surface area (TPSA) is 95.9 Å². The molecule has 1 amide bonds. The number of allylic oxidation sites excluding steroid dienone is 1. The normalized spacial score (nSPS) is 34.0. The quantitative estimate of drug-likeness (QED) is 0.391. The van der Waals surface area contributed by atoms with Gasteiger partial charge in [-0.05, 0) is 110 Å². The van der Waals surface area contributed by atoms with E-state index in [2.05, 4.69) is 21.8 Å². The number of aliphatic hydroxyl groups is 1. The number of amides is 1. The lowest BCUT2D eigenvalue weighted by atomic mass is 9.68. The van der Waals surface area contributed by atoms with Crippen molar-refractivity contribution in [2.75, 3.05) is 24.6 Å². The molecule has 2 saturated carbocycles. The maximum atomic E-state index is 13.7. The van der Waals surface area contributed by atoms with E-state index < -0.39 is 27.3 Å². The Morgan fingerprint density at radius 3 is 2.75 bits per heavy atom. The van der Waals surface area contributed by atoms with Gasteiger partial charge in [-0.25, -0.2) is 13.1 Å². The summed E-state index contributed by atoms with van der Waals surface area (Å²) in [5.74, 6) is 0.716. The third-order valence-corrected chi connectivity index (χ3v) is 13.2. The van der Waals surface area contributed by atoms with Crippen LogP contribution >= 0.6 is 11.6 Å². The van der Waals surface area contributed by atoms with Crippen LogP contribution in [0, 0.1) is 23.7 Å². The lowest BCUT2D eigenvalue weighted by Crippen LogP contribution is -2.49. The number of hydrogen-bond donors (Lipinski definition) is 2. The number of fused-ring (bicyclic) bond motifs is 4. The van der Waals surface area contributed by atoms with Crippen molar-refractivity contribution in [2.45, 2.75) is 81.5 Å². The van der Waals surface area contributed by atoms with Crippen molar-refractivity contribution in [1.82, 2.24) is 4.72 Å². The first-order valence-corrected chi connectivity index (χ1v) is 18.3. The van der Waals surface area contributed by atoms with Gasteiger partial charge < -0.3 is 14.7 Å². The van der Waals surface area contributed by atoms with Crippen LogP contribution in [-0.4, -0.2) is 50.5 Å². The first kappa shape index (κ1) is 30.1. The van der Waals surface area contributed by atoms with Gasteiger partial charge in [0.1, 0.15) is 5.75 Å². The fraction of sp³-hybridized carbons (Fsp3) is 0.571. The molecule has 1 spiro atoms. The molecule has 3 aliphatic carbocycles. The van der Waals surface area contributed by atoms with E-state index in [0.717, 1.165) is 62.2 Å². The Bertz CT molecular complexity index is 1570. The average Bonchev–Trinajstić information content (AvgIpc) is 3.81. The van der Waals surface area contributed by atoms with Crippen LogP contribution in [0.3, 0.4) is 0 Å². The SMILES string of the molecule is C[C@@H]1C/C=C/[C@H](O)[C@@H]2CC[C@H]2CN2C[C@@]3(CCCc4cc(Cl)ccc43)COc3ccc(cc32)C(=O)NS(=O)(=O)[C@@H]1CC1CC1. The van der Waals surface area contributed by atoms with E-state index in [1.165, 1.54) is 11.1 Å². The number of nitrogens with one attached hydrogen (secondary N) is 1. The van der Waals surface area contributed by atoms with Crippen molar-refractivity contribution in [3.05, 3.63) is 70.3 Å². The van der Waals surface area contributed by atoms with E-state index in [4.69, 9.17) is 16.3 Å². The minimum Gasteiger partial charge on any atom is -0.490 e. The standard InChI is InChI=1S/C35H43ClN2O5S/c1-22-4-2-6-31(39)28-12-9-26(28)19-38-20-35(15-3-5-24-17-27(36)11-13-29(24)35)21-43-32-14-10-25(18-30(32)38)34(40)37-44(41,42)33(22)16-23-7-8-23/h2,6,10-11,13-14,17-18,22-23,26,28,31,33,39H,3-5,7-9,12,15-16,19-21H2,1H3,(H,37,40)/b6-2+/t22-,26+,28-,31+,33-,35+/m1/s1. The first-order valence-electron chi connectivity index (χ1n) is 16.3. The van der Waals surface area contributed by atoms with E-state index >= 15 is 0 Å². The van der Waals surface area contributed by atoms with Gasteiger partial charge in [0.2, 0.25) is 10.0 Å². The van der Waals surface area contributed by atoms with E-state index in [1.807, 2.05) is 31.2 Å². The van der Waals surface area contributed by atoms with Crippen LogP contribution in [0.25, 0.3) is 0 Å². The Balaban J connectivity index is 1.28. The van der Waals surface area contributed by atoms with Gasteiger partial charge in [-0.1, -0.05) is 49.6 Å². The van der Waals surface area contributed by atoms with Crippen LogP contribution in [0.4, 0.5) is 5.69 Å². The number of benzene rings is 2. The molecular weight excluding hydrogens is 596 g/mol. The highest BCUT2D eigenvalue weighted by molar-refractivity contribution is 7.90. The van der Waals surface area contributed by atoms with Gasteiger partial charge in [-0.3, -0.25) is 4.79 Å². The van der Waals surface area contributed by atoms with Crippen LogP contribution in [0.1, 0.15) is 79.8 Å². The predicted molar refractivity (Wildman–Crippen MR) is 173 cm³/mol. The molecule has 2 heterocycles. The van der Waals surface area contributed by atoms with Crippen molar-refractivity contribution < 1.29 is 23.1 Å². The summed E-state index contributed by atoms with van der Waals surface area (Å²) in [5, 5.41) is 11.3. The second kappa shape index (κ2) is 11.7. The highest BCUT2D eigenvalue weighted by Gasteiger charge is 2.44. The number of rotatable bonds is 2. The van der Waals surface area contributed by atoms with Crippen LogP contribution < -0.4 is 14.4 Å². The number of hydrogen-bond acceptors (Lipinski definition) is 6. The van der Waals surface area contributed by atoms with Gasteiger partial charge in [-0.2, -0.15) is 0 Å². The summed E-state index contributed by atoms with van der Waals surface area (Å²) in [6.45, 7) is 3.87. The van der Waals surface area contributed by atoms with Crippen molar-refractivity contribution in [3.8, 4) is 5.75 Å². The van der Waals surface area contributed by atoms with Crippen LogP contribution in [-0.2, 0) is 21.9 Å². The van der Waals surface area contributed by atoms with E-state index in [1.54, 1.807) is 12.1 Å². The van der Waals surface area contributed by atoms with E-state index in [-0.39, 0.29) is 23.2 Å². The Kier molecular flexibility index (Phi) is 7.99. The maximum Gasteiger partial charge on any atom is 0.264 e. The van der Waals surface area contributed by atoms with Crippen LogP contribution in [0.2, 0.25) is 5.02 Å². The molecule has 0 aromatic heterocycles. The summed E-state index contributed by atoms with van der Waals surface area (Å²) < 4.78 is 36.4. The van der Waals surface area contributed by atoms with Crippen molar-refractivity contribution >= 4 is 33.2 Å². The van der Waals surface area contributed by atoms with Gasteiger partial charge >= 0.3 is 0 Å². The number of carbonyl (C=O) groups is 1. The van der Waals surface area contributed by atoms with Crippen LogP contribution in [0.15, 0.2) is 48.6 Å². The van der Waals surface area contributed by atoms with Gasteiger partial charge in [0.05, 0.1) is 23.6 Å². The van der Waals surface area contributed by atoms with Crippen LogP contribution in [0.5, 0.6) is 5.75 Å². The average molecular weight is 639 g/mol. The zero-order valence-corrected chi connectivity index (χ0v) is 27.0. The largest absolute Gasteiger partial charge is 0.490 e. The third kappa shape index (κ3) is 5.78. The Hall–Kier alpha value is -2.55. The molecule has 2 aromatic carbocycles. The summed E-state index contributed by atoms with van der Waals surface area (Å²) in [6.07, 6.45) is 11.4. The molecule has 7 nitrogen and oxygen atoms in total. The number of carbonyl (C=O) groups excluding carboxylic acids is 1. The fourth-order valence-electron chi connectivity index (χ4n) is 8.15.